The monoisotopic (exact) mass is 269 g/mol. The van der Waals surface area contributed by atoms with Crippen LogP contribution in [0.1, 0.15) is 31.4 Å². The van der Waals surface area contributed by atoms with Gasteiger partial charge in [-0.1, -0.05) is 26.3 Å². The fraction of sp³-hybridized carbons (Fsp3) is 0.462. The molecule has 1 rings (SSSR count). The van der Waals surface area contributed by atoms with E-state index in [1.165, 1.54) is 12.1 Å². The molecule has 0 radical (unpaired) electrons. The van der Waals surface area contributed by atoms with Crippen molar-refractivity contribution in [3.05, 3.63) is 35.1 Å². The molecule has 1 aromatic carbocycles. The second-order valence-electron chi connectivity index (χ2n) is 4.49. The molecule has 0 aliphatic rings. The highest BCUT2D eigenvalue weighted by Crippen LogP contribution is 2.16. The summed E-state index contributed by atoms with van der Waals surface area (Å²) >= 11 is 0. The summed E-state index contributed by atoms with van der Waals surface area (Å²) < 4.78 is 37.3. The van der Waals surface area contributed by atoms with Crippen molar-refractivity contribution in [3.8, 4) is 6.07 Å². The Balaban J connectivity index is 2.88. The van der Waals surface area contributed by atoms with E-state index >= 15 is 0 Å². The van der Waals surface area contributed by atoms with Crippen molar-refractivity contribution < 1.29 is 12.8 Å². The number of hydrogen-bond acceptors (Lipinski definition) is 3. The Morgan fingerprint density at radius 3 is 2.61 bits per heavy atom. The van der Waals surface area contributed by atoms with E-state index in [2.05, 4.69) is 0 Å². The highest BCUT2D eigenvalue weighted by molar-refractivity contribution is 7.90. The molecular formula is C13H16FNO2S. The summed E-state index contributed by atoms with van der Waals surface area (Å²) in [7, 11) is -3.31. The third-order valence-corrected chi connectivity index (χ3v) is 4.62. The van der Waals surface area contributed by atoms with Crippen LogP contribution in [0.3, 0.4) is 0 Å². The molecule has 1 atom stereocenters. The first-order valence-electron chi connectivity index (χ1n) is 5.77. The molecule has 1 aromatic rings. The second kappa shape index (κ2) is 5.96. The van der Waals surface area contributed by atoms with Gasteiger partial charge in [-0.15, -0.1) is 0 Å². The molecule has 0 spiro atoms. The van der Waals surface area contributed by atoms with Crippen LogP contribution >= 0.6 is 0 Å². The van der Waals surface area contributed by atoms with Gasteiger partial charge in [0.2, 0.25) is 0 Å². The third-order valence-electron chi connectivity index (χ3n) is 2.79. The van der Waals surface area contributed by atoms with Crippen LogP contribution in [0.25, 0.3) is 0 Å². The third kappa shape index (κ3) is 4.11. The fourth-order valence-electron chi connectivity index (χ4n) is 1.58. The minimum atomic E-state index is -3.31. The maximum atomic E-state index is 13.6. The molecule has 5 heteroatoms. The number of rotatable bonds is 5. The smallest absolute Gasteiger partial charge is 0.154 e. The lowest BCUT2D eigenvalue weighted by Crippen LogP contribution is -2.16. The molecule has 98 valence electrons. The zero-order chi connectivity index (χ0) is 13.8. The van der Waals surface area contributed by atoms with Crippen molar-refractivity contribution in [2.75, 3.05) is 5.75 Å². The van der Waals surface area contributed by atoms with Gasteiger partial charge in [0, 0.05) is 5.56 Å². The van der Waals surface area contributed by atoms with Crippen LogP contribution in [0.4, 0.5) is 4.39 Å². The van der Waals surface area contributed by atoms with Crippen molar-refractivity contribution in [3.63, 3.8) is 0 Å². The lowest BCUT2D eigenvalue weighted by molar-refractivity contribution is 0.560. The fourth-order valence-corrected chi connectivity index (χ4v) is 3.51. The predicted octanol–water partition coefficient (Wildman–Crippen LogP) is 2.66. The van der Waals surface area contributed by atoms with E-state index in [0.29, 0.717) is 0 Å². The Hall–Kier alpha value is -1.41. The topological polar surface area (TPSA) is 57.9 Å². The summed E-state index contributed by atoms with van der Waals surface area (Å²) in [4.78, 5) is 0. The van der Waals surface area contributed by atoms with Crippen LogP contribution in [-0.4, -0.2) is 14.2 Å². The first-order chi connectivity index (χ1) is 8.38. The lowest BCUT2D eigenvalue weighted by atomic mass is 10.1. The molecule has 0 aliphatic carbocycles. The normalized spacial score (nSPS) is 13.0. The Bertz CT molecular complexity index is 561. The van der Waals surface area contributed by atoms with Crippen molar-refractivity contribution in [2.24, 2.45) is 5.92 Å². The number of sulfone groups is 1. The van der Waals surface area contributed by atoms with E-state index in [0.717, 1.165) is 12.5 Å². The molecule has 0 aromatic heterocycles. The van der Waals surface area contributed by atoms with Gasteiger partial charge in [-0.25, -0.2) is 12.8 Å². The van der Waals surface area contributed by atoms with E-state index in [4.69, 9.17) is 5.26 Å². The van der Waals surface area contributed by atoms with Gasteiger partial charge in [-0.2, -0.15) is 5.26 Å². The highest BCUT2D eigenvalue weighted by Gasteiger charge is 2.17. The highest BCUT2D eigenvalue weighted by atomic mass is 32.2. The summed E-state index contributed by atoms with van der Waals surface area (Å²) in [6, 6.07) is 5.66. The second-order valence-corrected chi connectivity index (χ2v) is 6.60. The summed E-state index contributed by atoms with van der Waals surface area (Å²) in [5.74, 6) is -0.823. The number of benzene rings is 1. The van der Waals surface area contributed by atoms with Crippen molar-refractivity contribution in [1.29, 1.82) is 5.26 Å². The van der Waals surface area contributed by atoms with Gasteiger partial charge < -0.3 is 0 Å². The summed E-state index contributed by atoms with van der Waals surface area (Å²) in [6.07, 6.45) is 0.773. The number of hydrogen-bond donors (Lipinski definition) is 0. The van der Waals surface area contributed by atoms with E-state index in [9.17, 15) is 12.8 Å². The molecule has 0 saturated carbocycles. The lowest BCUT2D eigenvalue weighted by Gasteiger charge is -2.10. The molecule has 0 saturated heterocycles. The summed E-state index contributed by atoms with van der Waals surface area (Å²) in [6.45, 7) is 3.77. The van der Waals surface area contributed by atoms with Gasteiger partial charge >= 0.3 is 0 Å². The summed E-state index contributed by atoms with van der Waals surface area (Å²) in [5.41, 5.74) is 0.313. The van der Waals surface area contributed by atoms with E-state index in [1.807, 2.05) is 19.9 Å². The number of nitriles is 1. The number of halogens is 1. The standard InChI is InChI=1S/C13H16FNO2S/c1-3-10(2)8-18(16,17)9-12-5-4-11(7-15)6-13(12)14/h4-6,10H,3,8-9H2,1-2H3. The van der Waals surface area contributed by atoms with Crippen molar-refractivity contribution in [1.82, 2.24) is 0 Å². The molecule has 0 amide bonds. The zero-order valence-electron chi connectivity index (χ0n) is 10.5. The summed E-state index contributed by atoms with van der Waals surface area (Å²) in [5, 5.41) is 8.60. The van der Waals surface area contributed by atoms with Gasteiger partial charge in [0.05, 0.1) is 23.1 Å². The maximum absolute atomic E-state index is 13.6. The average Bonchev–Trinajstić information content (AvgIpc) is 2.30. The molecule has 0 aliphatic heterocycles. The Morgan fingerprint density at radius 2 is 2.11 bits per heavy atom. The molecule has 1 unspecified atom stereocenters. The Morgan fingerprint density at radius 1 is 1.44 bits per heavy atom. The maximum Gasteiger partial charge on any atom is 0.154 e. The zero-order valence-corrected chi connectivity index (χ0v) is 11.3. The van der Waals surface area contributed by atoms with Crippen LogP contribution in [0.5, 0.6) is 0 Å². The van der Waals surface area contributed by atoms with Gasteiger partial charge in [0.15, 0.2) is 9.84 Å². The van der Waals surface area contributed by atoms with Crippen LogP contribution in [0.2, 0.25) is 0 Å². The van der Waals surface area contributed by atoms with E-state index in [1.54, 1.807) is 0 Å². The van der Waals surface area contributed by atoms with Crippen LogP contribution in [-0.2, 0) is 15.6 Å². The van der Waals surface area contributed by atoms with Gasteiger partial charge in [0.25, 0.3) is 0 Å². The van der Waals surface area contributed by atoms with Crippen molar-refractivity contribution in [2.45, 2.75) is 26.0 Å². The largest absolute Gasteiger partial charge is 0.228 e. The quantitative estimate of drug-likeness (QED) is 0.825. The predicted molar refractivity (Wildman–Crippen MR) is 68.1 cm³/mol. The molecule has 0 heterocycles. The first kappa shape index (κ1) is 14.7. The molecule has 0 bridgehead atoms. The van der Waals surface area contributed by atoms with Crippen LogP contribution in [0.15, 0.2) is 18.2 Å². The Labute approximate surface area is 107 Å². The van der Waals surface area contributed by atoms with Crippen molar-refractivity contribution >= 4 is 9.84 Å². The van der Waals surface area contributed by atoms with E-state index < -0.39 is 15.7 Å². The molecule has 3 nitrogen and oxygen atoms in total. The molecule has 0 fully saturated rings. The van der Waals surface area contributed by atoms with E-state index in [-0.39, 0.29) is 28.6 Å². The average molecular weight is 269 g/mol. The van der Waals surface area contributed by atoms with Gasteiger partial charge in [-0.3, -0.25) is 0 Å². The van der Waals surface area contributed by atoms with Gasteiger partial charge in [-0.05, 0) is 18.1 Å². The molecule has 0 N–H and O–H groups in total. The SMILES string of the molecule is CCC(C)CS(=O)(=O)Cc1ccc(C#N)cc1F. The van der Waals surface area contributed by atoms with Crippen LogP contribution in [0, 0.1) is 23.1 Å². The molecule has 18 heavy (non-hydrogen) atoms. The van der Waals surface area contributed by atoms with Crippen LogP contribution < -0.4 is 0 Å². The minimum absolute atomic E-state index is 0.0585. The Kier molecular flexibility index (Phi) is 4.85. The van der Waals surface area contributed by atoms with Gasteiger partial charge in [0.1, 0.15) is 5.82 Å². The minimum Gasteiger partial charge on any atom is -0.228 e. The first-order valence-corrected chi connectivity index (χ1v) is 7.59. The molecular weight excluding hydrogens is 253 g/mol. The number of nitrogens with zero attached hydrogens (tertiary/aromatic N) is 1.